The Morgan fingerprint density at radius 3 is 2.87 bits per heavy atom. The Labute approximate surface area is 138 Å². The molecule has 2 saturated heterocycles. The van der Waals surface area contributed by atoms with Gasteiger partial charge < -0.3 is 9.72 Å². The van der Waals surface area contributed by atoms with Crippen molar-refractivity contribution in [1.82, 2.24) is 9.88 Å². The van der Waals surface area contributed by atoms with Crippen LogP contribution >= 0.6 is 0 Å². The second-order valence-electron chi connectivity index (χ2n) is 7.98. The standard InChI is InChI=1S/C20H26N2O/c1-11-12(2)20-17-8-13(11)10-22(20)7-6-15-16-9-14(23-3)4-5-18(16)21-19(15)17/h4-5,9,11-13,17,20-21H,6-8,10H2,1-3H3/t11-,12?,13-,17+,20?/m1/s1. The monoisotopic (exact) mass is 310 g/mol. The first-order chi connectivity index (χ1) is 11.2. The molecule has 3 fully saturated rings. The van der Waals surface area contributed by atoms with Crippen molar-refractivity contribution in [3.8, 4) is 5.75 Å². The van der Waals surface area contributed by atoms with Gasteiger partial charge in [-0.1, -0.05) is 13.8 Å². The van der Waals surface area contributed by atoms with E-state index in [2.05, 4.69) is 41.9 Å². The molecule has 6 rings (SSSR count). The predicted octanol–water partition coefficient (Wildman–Crippen LogP) is 3.79. The zero-order valence-electron chi connectivity index (χ0n) is 14.3. The fraction of sp³-hybridized carbons (Fsp3) is 0.600. The third kappa shape index (κ3) is 1.80. The Morgan fingerprint density at radius 1 is 1.22 bits per heavy atom. The number of aromatic nitrogens is 1. The van der Waals surface area contributed by atoms with E-state index in [1.807, 2.05) is 0 Å². The molecular weight excluding hydrogens is 284 g/mol. The van der Waals surface area contributed by atoms with Crippen molar-refractivity contribution in [2.24, 2.45) is 17.8 Å². The molecule has 3 unspecified atom stereocenters. The number of benzene rings is 1. The van der Waals surface area contributed by atoms with Gasteiger partial charge in [-0.25, -0.2) is 0 Å². The highest BCUT2D eigenvalue weighted by Crippen LogP contribution is 2.52. The molecule has 3 nitrogen and oxygen atoms in total. The molecular formula is C20H26N2O. The molecule has 3 aliphatic heterocycles. The summed E-state index contributed by atoms with van der Waals surface area (Å²) in [6, 6.07) is 7.21. The van der Waals surface area contributed by atoms with Crippen LogP contribution in [0.2, 0.25) is 0 Å². The predicted molar refractivity (Wildman–Crippen MR) is 93.1 cm³/mol. The molecule has 4 heterocycles. The van der Waals surface area contributed by atoms with E-state index in [-0.39, 0.29) is 0 Å². The first-order valence-corrected chi connectivity index (χ1v) is 9.10. The van der Waals surface area contributed by atoms with Crippen LogP contribution in [-0.2, 0) is 6.42 Å². The fourth-order valence-corrected chi connectivity index (χ4v) is 5.78. The number of ether oxygens (including phenoxy) is 1. The zero-order valence-corrected chi connectivity index (χ0v) is 14.3. The molecule has 3 heteroatoms. The first kappa shape index (κ1) is 13.9. The number of rotatable bonds is 1. The van der Waals surface area contributed by atoms with Crippen molar-refractivity contribution in [3.05, 3.63) is 29.5 Å². The normalized spacial score (nSPS) is 38.4. The van der Waals surface area contributed by atoms with Gasteiger partial charge in [-0.2, -0.15) is 0 Å². The molecule has 23 heavy (non-hydrogen) atoms. The molecule has 6 atom stereocenters. The van der Waals surface area contributed by atoms with Gasteiger partial charge in [-0.05, 0) is 54.4 Å². The lowest BCUT2D eigenvalue weighted by molar-refractivity contribution is -0.0454. The van der Waals surface area contributed by atoms with E-state index >= 15 is 0 Å². The van der Waals surface area contributed by atoms with E-state index in [0.717, 1.165) is 29.5 Å². The van der Waals surface area contributed by atoms with Crippen LogP contribution in [0.3, 0.4) is 0 Å². The molecule has 0 radical (unpaired) electrons. The van der Waals surface area contributed by atoms with Crippen LogP contribution in [0.25, 0.3) is 10.9 Å². The van der Waals surface area contributed by atoms with Crippen LogP contribution in [0, 0.1) is 17.8 Å². The van der Waals surface area contributed by atoms with E-state index in [9.17, 15) is 0 Å². The average molecular weight is 310 g/mol. The van der Waals surface area contributed by atoms with Crippen LogP contribution in [0.5, 0.6) is 5.75 Å². The molecule has 1 saturated carbocycles. The zero-order chi connectivity index (χ0) is 15.7. The SMILES string of the molecule is COc1ccc2[nH]c3c(c2c1)CCN1C[C@H]2C[C@@H]3C1C(C)[C@H]2C. The first-order valence-electron chi connectivity index (χ1n) is 9.10. The number of aromatic amines is 1. The highest BCUT2D eigenvalue weighted by Gasteiger charge is 2.51. The van der Waals surface area contributed by atoms with E-state index in [4.69, 9.17) is 4.74 Å². The summed E-state index contributed by atoms with van der Waals surface area (Å²) in [6.45, 7) is 7.49. The number of piperidine rings is 2. The van der Waals surface area contributed by atoms with E-state index in [1.165, 1.54) is 42.5 Å². The lowest BCUT2D eigenvalue weighted by Gasteiger charge is -2.55. The Morgan fingerprint density at radius 2 is 2.09 bits per heavy atom. The maximum Gasteiger partial charge on any atom is 0.119 e. The average Bonchev–Trinajstić information content (AvgIpc) is 2.89. The minimum absolute atomic E-state index is 0.691. The Bertz CT molecular complexity index is 762. The van der Waals surface area contributed by atoms with Crippen molar-refractivity contribution in [2.45, 2.75) is 38.6 Å². The summed E-state index contributed by atoms with van der Waals surface area (Å²) >= 11 is 0. The van der Waals surface area contributed by atoms with Crippen molar-refractivity contribution in [3.63, 3.8) is 0 Å². The fourth-order valence-electron chi connectivity index (χ4n) is 5.78. The van der Waals surface area contributed by atoms with Gasteiger partial charge in [-0.15, -0.1) is 0 Å². The van der Waals surface area contributed by atoms with Crippen LogP contribution in [0.1, 0.15) is 37.4 Å². The maximum atomic E-state index is 5.46. The van der Waals surface area contributed by atoms with Gasteiger partial charge in [0.05, 0.1) is 7.11 Å². The molecule has 0 amide bonds. The van der Waals surface area contributed by atoms with Gasteiger partial charge in [-0.3, -0.25) is 4.90 Å². The van der Waals surface area contributed by atoms with Gasteiger partial charge in [0.15, 0.2) is 0 Å². The number of methoxy groups -OCH3 is 1. The quantitative estimate of drug-likeness (QED) is 0.868. The third-order valence-corrected chi connectivity index (χ3v) is 7.14. The maximum absolute atomic E-state index is 5.46. The van der Waals surface area contributed by atoms with Gasteiger partial charge >= 0.3 is 0 Å². The van der Waals surface area contributed by atoms with Crippen molar-refractivity contribution < 1.29 is 4.74 Å². The molecule has 1 aromatic carbocycles. The summed E-state index contributed by atoms with van der Waals surface area (Å²) in [4.78, 5) is 6.60. The van der Waals surface area contributed by atoms with Crippen LogP contribution in [0.4, 0.5) is 0 Å². The summed E-state index contributed by atoms with van der Waals surface area (Å²) in [6.07, 6.45) is 2.53. The van der Waals surface area contributed by atoms with E-state index in [1.54, 1.807) is 12.7 Å². The van der Waals surface area contributed by atoms with Crippen molar-refractivity contribution in [1.29, 1.82) is 0 Å². The van der Waals surface area contributed by atoms with E-state index < -0.39 is 0 Å². The number of nitrogens with zero attached hydrogens (tertiary/aromatic N) is 1. The molecule has 1 aromatic heterocycles. The van der Waals surface area contributed by atoms with Crippen LogP contribution in [-0.4, -0.2) is 36.1 Å². The minimum atomic E-state index is 0.691. The number of H-pyrrole nitrogens is 1. The summed E-state index contributed by atoms with van der Waals surface area (Å²) in [5, 5.41) is 1.38. The number of nitrogens with one attached hydrogen (secondary N) is 1. The molecule has 2 aromatic rings. The van der Waals surface area contributed by atoms with Gasteiger partial charge in [0.1, 0.15) is 5.75 Å². The smallest absolute Gasteiger partial charge is 0.119 e. The summed E-state index contributed by atoms with van der Waals surface area (Å²) in [5.74, 6) is 4.20. The van der Waals surface area contributed by atoms with Gasteiger partial charge in [0.25, 0.3) is 0 Å². The summed E-state index contributed by atoms with van der Waals surface area (Å²) in [7, 11) is 1.76. The van der Waals surface area contributed by atoms with Crippen molar-refractivity contribution >= 4 is 10.9 Å². The Balaban J connectivity index is 1.67. The van der Waals surface area contributed by atoms with Gasteiger partial charge in [0, 0.05) is 41.6 Å². The molecule has 1 N–H and O–H groups in total. The third-order valence-electron chi connectivity index (χ3n) is 7.14. The molecule has 122 valence electrons. The number of fused-ring (bicyclic) bond motifs is 4. The number of hydrogen-bond acceptors (Lipinski definition) is 2. The second-order valence-corrected chi connectivity index (χ2v) is 7.98. The Kier molecular flexibility index (Phi) is 2.88. The second kappa shape index (κ2) is 4.76. The molecule has 4 aliphatic rings. The minimum Gasteiger partial charge on any atom is -0.497 e. The van der Waals surface area contributed by atoms with Crippen LogP contribution in [0.15, 0.2) is 18.2 Å². The largest absolute Gasteiger partial charge is 0.497 e. The molecule has 1 aliphatic carbocycles. The topological polar surface area (TPSA) is 28.3 Å². The summed E-state index contributed by atoms with van der Waals surface area (Å²) in [5.41, 5.74) is 4.37. The highest BCUT2D eigenvalue weighted by molar-refractivity contribution is 5.86. The van der Waals surface area contributed by atoms with Gasteiger partial charge in [0.2, 0.25) is 0 Å². The van der Waals surface area contributed by atoms with Crippen molar-refractivity contribution in [2.75, 3.05) is 20.2 Å². The lowest BCUT2D eigenvalue weighted by atomic mass is 9.61. The highest BCUT2D eigenvalue weighted by atomic mass is 16.5. The van der Waals surface area contributed by atoms with E-state index in [0.29, 0.717) is 5.92 Å². The molecule has 4 bridgehead atoms. The molecule has 0 spiro atoms. The lowest BCUT2D eigenvalue weighted by Crippen LogP contribution is -2.59. The Hall–Kier alpha value is -1.48. The number of hydrogen-bond donors (Lipinski definition) is 1. The van der Waals surface area contributed by atoms with Crippen LogP contribution < -0.4 is 4.74 Å². The summed E-state index contributed by atoms with van der Waals surface area (Å²) < 4.78 is 5.46.